The van der Waals surface area contributed by atoms with E-state index in [0.29, 0.717) is 0 Å². The molecule has 0 radical (unpaired) electrons. The van der Waals surface area contributed by atoms with Gasteiger partial charge in [0.15, 0.2) is 5.82 Å². The fourth-order valence-electron chi connectivity index (χ4n) is 3.36. The van der Waals surface area contributed by atoms with Gasteiger partial charge >= 0.3 is 0 Å². The molecule has 0 N–H and O–H groups in total. The van der Waals surface area contributed by atoms with E-state index in [-0.39, 0.29) is 0 Å². The largest absolute Gasteiger partial charge is 0.464 e. The van der Waals surface area contributed by atoms with Gasteiger partial charge in [0.25, 0.3) is 0 Å². The van der Waals surface area contributed by atoms with Gasteiger partial charge in [-0.15, -0.1) is 0 Å². The van der Waals surface area contributed by atoms with Crippen molar-refractivity contribution in [3.05, 3.63) is 96.3 Å². The Hall–Kier alpha value is -3.28. The number of rotatable bonds is 5. The molecule has 0 saturated carbocycles. The van der Waals surface area contributed by atoms with Gasteiger partial charge in [-0.2, -0.15) is 0 Å². The van der Waals surface area contributed by atoms with Crippen molar-refractivity contribution >= 4 is 23.4 Å². The Labute approximate surface area is 189 Å². The summed E-state index contributed by atoms with van der Waals surface area (Å²) in [6, 6.07) is 25.8. The molecule has 0 unspecified atom stereocenters. The van der Waals surface area contributed by atoms with Crippen molar-refractivity contribution in [3.63, 3.8) is 0 Å². The number of hydrogen-bond acceptors (Lipinski definition) is 4. The van der Waals surface area contributed by atoms with Crippen LogP contribution in [0, 0.1) is 0 Å². The molecule has 31 heavy (non-hydrogen) atoms. The number of aromatic nitrogens is 3. The molecule has 5 rings (SSSR count). The molecule has 0 amide bonds. The lowest BCUT2D eigenvalue weighted by Gasteiger charge is -2.08. The highest BCUT2D eigenvalue weighted by atomic mass is 35.5. The minimum atomic E-state index is 0.720. The first-order chi connectivity index (χ1) is 15.2. The highest BCUT2D eigenvalue weighted by molar-refractivity contribution is 7.99. The summed E-state index contributed by atoms with van der Waals surface area (Å²) in [6.45, 7) is 0. The molecule has 3 heterocycles. The van der Waals surface area contributed by atoms with E-state index < -0.39 is 0 Å². The molecular weight excluding hydrogens is 426 g/mol. The fourth-order valence-corrected chi connectivity index (χ4v) is 4.47. The second-order valence-corrected chi connectivity index (χ2v) is 8.47. The van der Waals surface area contributed by atoms with E-state index in [1.54, 1.807) is 24.2 Å². The van der Waals surface area contributed by atoms with Crippen LogP contribution in [0.2, 0.25) is 5.02 Å². The van der Waals surface area contributed by atoms with Crippen LogP contribution in [-0.4, -0.2) is 14.5 Å². The van der Waals surface area contributed by atoms with Crippen molar-refractivity contribution in [3.8, 4) is 34.1 Å². The normalized spacial score (nSPS) is 11.0. The van der Waals surface area contributed by atoms with Crippen LogP contribution < -0.4 is 0 Å². The van der Waals surface area contributed by atoms with Crippen LogP contribution in [0.5, 0.6) is 0 Å². The monoisotopic (exact) mass is 443 g/mol. The van der Waals surface area contributed by atoms with Crippen LogP contribution in [0.25, 0.3) is 34.1 Å². The highest BCUT2D eigenvalue weighted by Gasteiger charge is 2.19. The molecule has 6 heteroatoms. The minimum Gasteiger partial charge on any atom is -0.464 e. The Morgan fingerprint density at radius 3 is 2.32 bits per heavy atom. The standard InChI is InChI=1S/C25H18ClN3OS/c1-29-24(21-5-2-3-15-27-21)28-23(25(29)31-20-13-11-19(26)12-14-20)18-9-7-17(8-10-18)22-6-4-16-30-22/h2-16H,1H3. The summed E-state index contributed by atoms with van der Waals surface area (Å²) in [5.41, 5.74) is 3.81. The Balaban J connectivity index is 1.60. The molecule has 0 fully saturated rings. The van der Waals surface area contributed by atoms with E-state index in [4.69, 9.17) is 21.0 Å². The average molecular weight is 444 g/mol. The lowest BCUT2D eigenvalue weighted by molar-refractivity contribution is 0.582. The molecule has 0 spiro atoms. The fraction of sp³-hybridized carbons (Fsp3) is 0.0400. The van der Waals surface area contributed by atoms with Crippen LogP contribution in [0.15, 0.2) is 106 Å². The van der Waals surface area contributed by atoms with E-state index in [2.05, 4.69) is 33.8 Å². The van der Waals surface area contributed by atoms with E-state index in [1.165, 1.54) is 0 Å². The van der Waals surface area contributed by atoms with Gasteiger partial charge in [-0.1, -0.05) is 53.7 Å². The molecule has 0 aliphatic carbocycles. The molecule has 0 bridgehead atoms. The van der Waals surface area contributed by atoms with Crippen molar-refractivity contribution in [1.29, 1.82) is 0 Å². The topological polar surface area (TPSA) is 43.9 Å². The summed E-state index contributed by atoms with van der Waals surface area (Å²) in [5.74, 6) is 1.67. The first kappa shape index (κ1) is 19.7. The predicted molar refractivity (Wildman–Crippen MR) is 125 cm³/mol. The molecule has 152 valence electrons. The van der Waals surface area contributed by atoms with E-state index in [1.807, 2.05) is 61.6 Å². The lowest BCUT2D eigenvalue weighted by Crippen LogP contribution is -1.95. The quantitative estimate of drug-likeness (QED) is 0.287. The highest BCUT2D eigenvalue weighted by Crippen LogP contribution is 2.39. The summed E-state index contributed by atoms with van der Waals surface area (Å²) in [5, 5.41) is 1.76. The summed E-state index contributed by atoms with van der Waals surface area (Å²) < 4.78 is 7.61. The van der Waals surface area contributed by atoms with Crippen LogP contribution in [0.4, 0.5) is 0 Å². The second-order valence-electron chi connectivity index (χ2n) is 6.97. The zero-order valence-electron chi connectivity index (χ0n) is 16.7. The smallest absolute Gasteiger partial charge is 0.159 e. The third-order valence-corrected chi connectivity index (χ3v) is 6.35. The first-order valence-corrected chi connectivity index (χ1v) is 10.9. The second kappa shape index (κ2) is 8.46. The zero-order valence-corrected chi connectivity index (χ0v) is 18.3. The van der Waals surface area contributed by atoms with E-state index >= 15 is 0 Å². The Morgan fingerprint density at radius 2 is 1.65 bits per heavy atom. The number of halogens is 1. The van der Waals surface area contributed by atoms with Crippen LogP contribution in [0.1, 0.15) is 0 Å². The predicted octanol–water partition coefficient (Wildman–Crippen LogP) is 7.21. The number of benzene rings is 2. The van der Waals surface area contributed by atoms with Gasteiger partial charge in [-0.3, -0.25) is 4.98 Å². The Morgan fingerprint density at radius 1 is 0.871 bits per heavy atom. The van der Waals surface area contributed by atoms with E-state index in [9.17, 15) is 0 Å². The van der Waals surface area contributed by atoms with Gasteiger partial charge in [0.1, 0.15) is 22.2 Å². The molecule has 2 aromatic carbocycles. The summed E-state index contributed by atoms with van der Waals surface area (Å²) in [6.07, 6.45) is 3.47. The number of imidazole rings is 1. The first-order valence-electron chi connectivity index (χ1n) is 9.75. The third kappa shape index (κ3) is 4.02. The molecule has 0 aliphatic rings. The molecular formula is C25H18ClN3OS. The minimum absolute atomic E-state index is 0.720. The maximum atomic E-state index is 6.07. The van der Waals surface area contributed by atoms with Crippen molar-refractivity contribution in [2.45, 2.75) is 9.92 Å². The molecule has 0 aliphatic heterocycles. The van der Waals surface area contributed by atoms with E-state index in [0.717, 1.165) is 49.0 Å². The third-order valence-electron chi connectivity index (χ3n) is 4.93. The van der Waals surface area contributed by atoms with Gasteiger partial charge in [-0.25, -0.2) is 4.98 Å². The van der Waals surface area contributed by atoms with Gasteiger partial charge in [0, 0.05) is 34.3 Å². The van der Waals surface area contributed by atoms with Crippen LogP contribution in [-0.2, 0) is 7.05 Å². The van der Waals surface area contributed by atoms with Gasteiger partial charge in [0.05, 0.1) is 6.26 Å². The number of furan rings is 1. The van der Waals surface area contributed by atoms with Crippen molar-refractivity contribution in [2.24, 2.45) is 7.05 Å². The van der Waals surface area contributed by atoms with Crippen molar-refractivity contribution in [2.75, 3.05) is 0 Å². The maximum Gasteiger partial charge on any atom is 0.159 e. The number of hydrogen-bond donors (Lipinski definition) is 0. The summed E-state index contributed by atoms with van der Waals surface area (Å²) in [7, 11) is 2.02. The van der Waals surface area contributed by atoms with Crippen molar-refractivity contribution in [1.82, 2.24) is 14.5 Å². The Kier molecular flexibility index (Phi) is 5.37. The molecule has 0 saturated heterocycles. The maximum absolute atomic E-state index is 6.07. The molecule has 4 nitrogen and oxygen atoms in total. The Bertz CT molecular complexity index is 1300. The zero-order chi connectivity index (χ0) is 21.2. The summed E-state index contributed by atoms with van der Waals surface area (Å²) in [4.78, 5) is 10.6. The molecule has 5 aromatic rings. The molecule has 3 aromatic heterocycles. The van der Waals surface area contributed by atoms with Crippen molar-refractivity contribution < 1.29 is 4.42 Å². The van der Waals surface area contributed by atoms with Crippen LogP contribution >= 0.6 is 23.4 Å². The number of nitrogens with zero attached hydrogens (tertiary/aromatic N) is 3. The van der Waals surface area contributed by atoms with Gasteiger partial charge in [-0.05, 0) is 48.5 Å². The lowest BCUT2D eigenvalue weighted by atomic mass is 10.1. The van der Waals surface area contributed by atoms with Crippen LogP contribution in [0.3, 0.4) is 0 Å². The average Bonchev–Trinajstić information content (AvgIpc) is 3.45. The number of pyridine rings is 1. The van der Waals surface area contributed by atoms with Gasteiger partial charge in [0.2, 0.25) is 0 Å². The van der Waals surface area contributed by atoms with Gasteiger partial charge < -0.3 is 8.98 Å². The SMILES string of the molecule is Cn1c(-c2ccccn2)nc(-c2ccc(-c3ccco3)cc2)c1Sc1ccc(Cl)cc1. The molecule has 0 atom stereocenters. The summed E-state index contributed by atoms with van der Waals surface area (Å²) >= 11 is 7.73.